The fraction of sp³-hybridized carbons (Fsp3) is 0.435. The normalized spacial score (nSPS) is 11.9. The van der Waals surface area contributed by atoms with Gasteiger partial charge in [-0.25, -0.2) is 9.78 Å². The lowest BCUT2D eigenvalue weighted by Crippen LogP contribution is -2.46. The van der Waals surface area contributed by atoms with Gasteiger partial charge in [-0.1, -0.05) is 25.5 Å². The molecule has 0 saturated carbocycles. The van der Waals surface area contributed by atoms with Gasteiger partial charge in [-0.15, -0.1) is 11.3 Å². The van der Waals surface area contributed by atoms with Crippen molar-refractivity contribution in [2.45, 2.75) is 53.0 Å². The smallest absolute Gasteiger partial charge is 0.331 e. The first-order valence-electron chi connectivity index (χ1n) is 10.00. The van der Waals surface area contributed by atoms with Crippen molar-refractivity contribution in [1.82, 2.24) is 9.55 Å². The van der Waals surface area contributed by atoms with E-state index in [-0.39, 0.29) is 18.1 Å². The zero-order valence-electron chi connectivity index (χ0n) is 18.5. The number of ether oxygens (including phenoxy) is 2. The number of thiophene rings is 1. The second-order valence-electron chi connectivity index (χ2n) is 8.08. The Labute approximate surface area is 180 Å². The largest absolute Gasteiger partial charge is 0.496 e. The van der Waals surface area contributed by atoms with Crippen molar-refractivity contribution in [3.05, 3.63) is 45.3 Å². The Bertz CT molecular complexity index is 1160. The number of esters is 1. The molecule has 6 nitrogen and oxygen atoms in total. The number of hydrogen-bond acceptors (Lipinski definition) is 6. The number of benzene rings is 1. The molecule has 0 atom stereocenters. The first-order valence-corrected chi connectivity index (χ1v) is 10.9. The third kappa shape index (κ3) is 3.62. The molecular weight excluding hydrogens is 400 g/mol. The van der Waals surface area contributed by atoms with Gasteiger partial charge in [0.15, 0.2) is 0 Å². The van der Waals surface area contributed by atoms with Crippen LogP contribution in [0.2, 0.25) is 0 Å². The van der Waals surface area contributed by atoms with Gasteiger partial charge in [0.1, 0.15) is 21.9 Å². The summed E-state index contributed by atoms with van der Waals surface area (Å²) < 4.78 is 12.3. The van der Waals surface area contributed by atoms with Crippen LogP contribution in [0.15, 0.2) is 28.4 Å². The van der Waals surface area contributed by atoms with Gasteiger partial charge in [0, 0.05) is 22.4 Å². The number of fused-ring (bicyclic) bond motifs is 1. The van der Waals surface area contributed by atoms with Gasteiger partial charge in [0.2, 0.25) is 0 Å². The maximum atomic E-state index is 13.8. The molecule has 0 saturated heterocycles. The molecule has 0 amide bonds. The van der Waals surface area contributed by atoms with Crippen molar-refractivity contribution in [1.29, 1.82) is 0 Å². The highest BCUT2D eigenvalue weighted by atomic mass is 32.1. The van der Waals surface area contributed by atoms with E-state index in [1.165, 1.54) is 15.9 Å². The zero-order chi connectivity index (χ0) is 22.2. The summed E-state index contributed by atoms with van der Waals surface area (Å²) in [6, 6.07) is 5.86. The van der Waals surface area contributed by atoms with Crippen molar-refractivity contribution in [3.63, 3.8) is 0 Å². The third-order valence-electron chi connectivity index (χ3n) is 5.13. The molecule has 0 aliphatic carbocycles. The van der Waals surface area contributed by atoms with Crippen molar-refractivity contribution in [3.8, 4) is 16.9 Å². The lowest BCUT2D eigenvalue weighted by atomic mass is 10.0. The molecule has 0 aliphatic rings. The van der Waals surface area contributed by atoms with Crippen LogP contribution in [-0.4, -0.2) is 29.2 Å². The summed E-state index contributed by atoms with van der Waals surface area (Å²) >= 11 is 1.42. The fourth-order valence-corrected chi connectivity index (χ4v) is 4.50. The Morgan fingerprint density at radius 3 is 2.57 bits per heavy atom. The van der Waals surface area contributed by atoms with E-state index in [0.29, 0.717) is 21.8 Å². The Morgan fingerprint density at radius 2 is 1.97 bits per heavy atom. The molecule has 0 unspecified atom stereocenters. The van der Waals surface area contributed by atoms with Gasteiger partial charge in [0.25, 0.3) is 5.56 Å². The van der Waals surface area contributed by atoms with Crippen molar-refractivity contribution in [2.75, 3.05) is 13.7 Å². The molecule has 3 aromatic rings. The van der Waals surface area contributed by atoms with Gasteiger partial charge >= 0.3 is 5.97 Å². The minimum Gasteiger partial charge on any atom is -0.496 e. The second kappa shape index (κ2) is 8.22. The summed E-state index contributed by atoms with van der Waals surface area (Å²) in [7, 11) is 1.61. The van der Waals surface area contributed by atoms with Crippen LogP contribution in [0.4, 0.5) is 0 Å². The molecule has 1 aromatic carbocycles. The highest BCUT2D eigenvalue weighted by molar-refractivity contribution is 7.17. The summed E-state index contributed by atoms with van der Waals surface area (Å²) in [5.74, 6) is 0.744. The molecule has 0 fully saturated rings. The summed E-state index contributed by atoms with van der Waals surface area (Å²) in [6.45, 7) is 11.3. The highest BCUT2D eigenvalue weighted by Gasteiger charge is 2.36. The minimum absolute atomic E-state index is 0.0464. The van der Waals surface area contributed by atoms with E-state index in [4.69, 9.17) is 14.5 Å². The average molecular weight is 429 g/mol. The van der Waals surface area contributed by atoms with Crippen molar-refractivity contribution >= 4 is 27.5 Å². The molecule has 2 aromatic heterocycles. The molecule has 0 aliphatic heterocycles. The molecule has 0 N–H and O–H groups in total. The van der Waals surface area contributed by atoms with Crippen LogP contribution in [0.5, 0.6) is 5.75 Å². The molecule has 30 heavy (non-hydrogen) atoms. The molecular formula is C23H28N2O4S. The maximum absolute atomic E-state index is 13.8. The van der Waals surface area contributed by atoms with E-state index in [0.717, 1.165) is 16.7 Å². The van der Waals surface area contributed by atoms with E-state index in [2.05, 4.69) is 0 Å². The number of aryl methyl sites for hydroxylation is 1. The lowest BCUT2D eigenvalue weighted by Gasteiger charge is -2.28. The Morgan fingerprint density at radius 1 is 1.27 bits per heavy atom. The standard InChI is InChI=1S/C23H28N2O4S/c1-8-29-22(27)23(5,6)25-19(13(2)3)24-20-18(21(25)26)16(12-30-20)15-11-14(4)9-10-17(15)28-7/h9-13H,8H2,1-7H3. The topological polar surface area (TPSA) is 70.4 Å². The predicted molar refractivity (Wildman–Crippen MR) is 121 cm³/mol. The minimum atomic E-state index is -1.19. The molecule has 0 radical (unpaired) electrons. The van der Waals surface area contributed by atoms with Gasteiger partial charge in [0.05, 0.1) is 19.1 Å². The van der Waals surface area contributed by atoms with E-state index in [1.54, 1.807) is 27.9 Å². The van der Waals surface area contributed by atoms with E-state index in [9.17, 15) is 9.59 Å². The average Bonchev–Trinajstić information content (AvgIpc) is 3.12. The Hall–Kier alpha value is -2.67. The van der Waals surface area contributed by atoms with Crippen molar-refractivity contribution < 1.29 is 14.3 Å². The maximum Gasteiger partial charge on any atom is 0.331 e. The van der Waals surface area contributed by atoms with Crippen LogP contribution in [0.25, 0.3) is 21.3 Å². The summed E-state index contributed by atoms with van der Waals surface area (Å²) in [6.07, 6.45) is 0. The molecule has 7 heteroatoms. The van der Waals surface area contributed by atoms with Crippen LogP contribution < -0.4 is 10.3 Å². The first kappa shape index (κ1) is 22.0. The summed E-state index contributed by atoms with van der Waals surface area (Å²) in [4.78, 5) is 32.0. The van der Waals surface area contributed by atoms with Gasteiger partial charge in [-0.2, -0.15) is 0 Å². The van der Waals surface area contributed by atoms with Crippen molar-refractivity contribution in [2.24, 2.45) is 0 Å². The third-order valence-corrected chi connectivity index (χ3v) is 6.00. The number of carbonyl (C=O) groups is 1. The Kier molecular flexibility index (Phi) is 6.04. The second-order valence-corrected chi connectivity index (χ2v) is 8.94. The zero-order valence-corrected chi connectivity index (χ0v) is 19.3. The van der Waals surface area contributed by atoms with Crippen LogP contribution in [0.3, 0.4) is 0 Å². The van der Waals surface area contributed by atoms with Gasteiger partial charge in [-0.05, 0) is 39.8 Å². The summed E-state index contributed by atoms with van der Waals surface area (Å²) in [5, 5.41) is 2.42. The molecule has 2 heterocycles. The van der Waals surface area contributed by atoms with Gasteiger partial charge in [-0.3, -0.25) is 9.36 Å². The number of carbonyl (C=O) groups excluding carboxylic acids is 1. The number of aromatic nitrogens is 2. The molecule has 160 valence electrons. The first-order chi connectivity index (χ1) is 14.1. The quantitative estimate of drug-likeness (QED) is 0.524. The summed E-state index contributed by atoms with van der Waals surface area (Å²) in [5.41, 5.74) is 1.21. The van der Waals surface area contributed by atoms with Crippen LogP contribution in [0.1, 0.15) is 51.9 Å². The van der Waals surface area contributed by atoms with Crippen LogP contribution >= 0.6 is 11.3 Å². The number of nitrogens with zero attached hydrogens (tertiary/aromatic N) is 2. The monoisotopic (exact) mass is 428 g/mol. The number of methoxy groups -OCH3 is 1. The van der Waals surface area contributed by atoms with E-state index in [1.807, 2.05) is 44.4 Å². The Balaban J connectivity index is 2.39. The van der Waals surface area contributed by atoms with E-state index >= 15 is 0 Å². The fourth-order valence-electron chi connectivity index (χ4n) is 3.56. The number of rotatable bonds is 6. The predicted octanol–water partition coefficient (Wildman–Crippen LogP) is 4.86. The highest BCUT2D eigenvalue weighted by Crippen LogP contribution is 2.38. The lowest BCUT2D eigenvalue weighted by molar-refractivity contribution is -0.152. The van der Waals surface area contributed by atoms with Crippen LogP contribution in [-0.2, 0) is 15.1 Å². The molecule has 0 spiro atoms. The van der Waals surface area contributed by atoms with Crippen LogP contribution in [0, 0.1) is 6.92 Å². The van der Waals surface area contributed by atoms with E-state index < -0.39 is 11.5 Å². The molecule has 0 bridgehead atoms. The van der Waals surface area contributed by atoms with Gasteiger partial charge < -0.3 is 9.47 Å². The SMILES string of the molecule is CCOC(=O)C(C)(C)n1c(C(C)C)nc2scc(-c3cc(C)ccc3OC)c2c1=O. The molecule has 3 rings (SSSR count). The number of hydrogen-bond donors (Lipinski definition) is 0.